The van der Waals surface area contributed by atoms with Crippen LogP contribution in [-0.2, 0) is 9.59 Å². The Hall–Kier alpha value is -3.14. The summed E-state index contributed by atoms with van der Waals surface area (Å²) in [6, 6.07) is 4.79. The van der Waals surface area contributed by atoms with Gasteiger partial charge in [-0.15, -0.1) is 11.3 Å². The van der Waals surface area contributed by atoms with Crippen molar-refractivity contribution in [3.8, 4) is 11.5 Å². The molecule has 0 radical (unpaired) electrons. The molecule has 1 unspecified atom stereocenters. The second-order valence-electron chi connectivity index (χ2n) is 7.52. The lowest BCUT2D eigenvalue weighted by Gasteiger charge is -2.25. The predicted molar refractivity (Wildman–Crippen MR) is 130 cm³/mol. The molecule has 4 rings (SSSR count). The van der Waals surface area contributed by atoms with E-state index >= 15 is 0 Å². The lowest BCUT2D eigenvalue weighted by atomic mass is 9.97. The van der Waals surface area contributed by atoms with E-state index in [4.69, 9.17) is 32.7 Å². The molecule has 2 heterocycles. The van der Waals surface area contributed by atoms with Crippen LogP contribution in [0.15, 0.2) is 41.3 Å². The molecule has 182 valence electrons. The Balaban J connectivity index is 2.02. The summed E-state index contributed by atoms with van der Waals surface area (Å²) in [5.74, 6) is -4.91. The number of carbonyl (C=O) groups excluding carboxylic acids is 2. The van der Waals surface area contributed by atoms with Crippen molar-refractivity contribution in [2.75, 3.05) is 19.1 Å². The molecular weight excluding hydrogens is 523 g/mol. The number of carbonyl (C=O) groups is 2. The highest BCUT2D eigenvalue weighted by Crippen LogP contribution is 2.49. The number of hydrogen-bond donors (Lipinski definition) is 1. The van der Waals surface area contributed by atoms with E-state index in [1.165, 1.54) is 37.7 Å². The van der Waals surface area contributed by atoms with E-state index in [1.807, 2.05) is 0 Å². The largest absolute Gasteiger partial charge is 0.507 e. The Morgan fingerprint density at radius 1 is 1.06 bits per heavy atom. The van der Waals surface area contributed by atoms with Gasteiger partial charge in [0.15, 0.2) is 23.1 Å². The molecule has 1 saturated heterocycles. The van der Waals surface area contributed by atoms with Gasteiger partial charge in [-0.05, 0) is 42.1 Å². The molecule has 1 amide bonds. The summed E-state index contributed by atoms with van der Waals surface area (Å²) >= 11 is 13.8. The number of ether oxygens (including phenoxy) is 2. The van der Waals surface area contributed by atoms with E-state index < -0.39 is 35.1 Å². The number of thiophene rings is 1. The molecule has 0 saturated carbocycles. The van der Waals surface area contributed by atoms with E-state index in [9.17, 15) is 23.5 Å². The highest BCUT2D eigenvalue weighted by molar-refractivity contribution is 7.10. The number of amides is 1. The van der Waals surface area contributed by atoms with Gasteiger partial charge in [0.05, 0.1) is 30.4 Å². The van der Waals surface area contributed by atoms with Crippen LogP contribution in [0.25, 0.3) is 5.76 Å². The third-order valence-electron chi connectivity index (χ3n) is 5.57. The van der Waals surface area contributed by atoms with Crippen LogP contribution >= 0.6 is 34.5 Å². The first-order valence-electron chi connectivity index (χ1n) is 10.0. The van der Waals surface area contributed by atoms with Crippen molar-refractivity contribution < 1.29 is 33.0 Å². The monoisotopic (exact) mass is 539 g/mol. The maximum atomic E-state index is 14.1. The van der Waals surface area contributed by atoms with Crippen LogP contribution < -0.4 is 14.4 Å². The van der Waals surface area contributed by atoms with Gasteiger partial charge in [-0.25, -0.2) is 8.78 Å². The second kappa shape index (κ2) is 9.49. The van der Waals surface area contributed by atoms with Gasteiger partial charge in [0.1, 0.15) is 16.8 Å². The molecule has 1 aromatic heterocycles. The molecule has 2 aromatic carbocycles. The van der Waals surface area contributed by atoms with Crippen LogP contribution in [0.2, 0.25) is 10.0 Å². The van der Waals surface area contributed by atoms with Gasteiger partial charge in [-0.2, -0.15) is 0 Å². The number of methoxy groups -OCH3 is 2. The number of Topliss-reactive ketones (excluding diaryl/α,β-unsaturated/α-hetero) is 1. The van der Waals surface area contributed by atoms with Crippen molar-refractivity contribution in [1.82, 2.24) is 0 Å². The summed E-state index contributed by atoms with van der Waals surface area (Å²) in [5, 5.41) is 13.1. The maximum absolute atomic E-state index is 14.1. The highest BCUT2D eigenvalue weighted by Gasteiger charge is 2.48. The summed E-state index contributed by atoms with van der Waals surface area (Å²) in [7, 11) is 2.64. The summed E-state index contributed by atoms with van der Waals surface area (Å²) in [4.78, 5) is 28.0. The van der Waals surface area contributed by atoms with Gasteiger partial charge in [-0.1, -0.05) is 23.2 Å². The average Bonchev–Trinajstić information content (AvgIpc) is 3.35. The number of ketones is 1. The smallest absolute Gasteiger partial charge is 0.300 e. The van der Waals surface area contributed by atoms with Crippen molar-refractivity contribution in [3.05, 3.63) is 79.0 Å². The Kier molecular flexibility index (Phi) is 6.77. The topological polar surface area (TPSA) is 76.1 Å². The molecule has 1 fully saturated rings. The molecule has 0 spiro atoms. The summed E-state index contributed by atoms with van der Waals surface area (Å²) in [5.41, 5.74) is 0.324. The van der Waals surface area contributed by atoms with E-state index in [-0.39, 0.29) is 38.4 Å². The van der Waals surface area contributed by atoms with Gasteiger partial charge < -0.3 is 14.6 Å². The van der Waals surface area contributed by atoms with Crippen molar-refractivity contribution in [1.29, 1.82) is 0 Å². The number of aliphatic hydroxyl groups is 1. The molecule has 0 bridgehead atoms. The number of aryl methyl sites for hydroxylation is 1. The third kappa shape index (κ3) is 4.03. The van der Waals surface area contributed by atoms with Gasteiger partial charge >= 0.3 is 0 Å². The second-order valence-corrected chi connectivity index (χ2v) is 9.25. The Morgan fingerprint density at radius 3 is 2.31 bits per heavy atom. The fourth-order valence-corrected chi connectivity index (χ4v) is 5.65. The molecule has 1 aliphatic rings. The lowest BCUT2D eigenvalue weighted by Crippen LogP contribution is -2.29. The van der Waals surface area contributed by atoms with Crippen LogP contribution in [0.4, 0.5) is 14.5 Å². The quantitative estimate of drug-likeness (QED) is 0.234. The predicted octanol–water partition coefficient (Wildman–Crippen LogP) is 6.29. The zero-order valence-electron chi connectivity index (χ0n) is 18.5. The molecule has 11 heteroatoms. The number of rotatable bonds is 5. The molecule has 0 aliphatic carbocycles. The first-order chi connectivity index (χ1) is 16.6. The number of aliphatic hydroxyl groups excluding tert-OH is 1. The third-order valence-corrected chi connectivity index (χ3v) is 7.27. The minimum absolute atomic E-state index is 0.0264. The minimum atomic E-state index is -1.19. The number of anilines is 1. The Bertz CT molecular complexity index is 1400. The zero-order valence-corrected chi connectivity index (χ0v) is 20.8. The molecule has 1 atom stereocenters. The Morgan fingerprint density at radius 2 is 1.74 bits per heavy atom. The minimum Gasteiger partial charge on any atom is -0.507 e. The average molecular weight is 540 g/mol. The fourth-order valence-electron chi connectivity index (χ4n) is 3.94. The number of benzene rings is 2. The van der Waals surface area contributed by atoms with Crippen LogP contribution in [-0.4, -0.2) is 31.0 Å². The summed E-state index contributed by atoms with van der Waals surface area (Å²) < 4.78 is 38.2. The molecular formula is C24H17Cl2F2NO5S. The van der Waals surface area contributed by atoms with Crippen LogP contribution in [0.5, 0.6) is 11.5 Å². The van der Waals surface area contributed by atoms with E-state index in [0.29, 0.717) is 4.88 Å². The molecule has 1 N–H and O–H groups in total. The van der Waals surface area contributed by atoms with Gasteiger partial charge in [0.25, 0.3) is 11.7 Å². The van der Waals surface area contributed by atoms with Gasteiger partial charge in [0.2, 0.25) is 0 Å². The van der Waals surface area contributed by atoms with E-state index in [1.54, 1.807) is 18.4 Å². The SMILES string of the molecule is COc1c(Cl)cc(/C(O)=C2\C(=O)C(=O)N(c3ccc(F)c(F)c3)C2c2sccc2C)c(OC)c1Cl. The Labute approximate surface area is 212 Å². The van der Waals surface area contributed by atoms with Gasteiger partial charge in [0, 0.05) is 16.6 Å². The highest BCUT2D eigenvalue weighted by atomic mass is 35.5. The number of nitrogens with zero attached hydrogens (tertiary/aromatic N) is 1. The molecule has 1 aliphatic heterocycles. The van der Waals surface area contributed by atoms with E-state index in [0.717, 1.165) is 22.6 Å². The van der Waals surface area contributed by atoms with Crippen LogP contribution in [0.3, 0.4) is 0 Å². The maximum Gasteiger partial charge on any atom is 0.300 e. The van der Waals surface area contributed by atoms with Crippen molar-refractivity contribution in [2.24, 2.45) is 0 Å². The van der Waals surface area contributed by atoms with E-state index in [2.05, 4.69) is 0 Å². The normalized spacial score (nSPS) is 17.2. The lowest BCUT2D eigenvalue weighted by molar-refractivity contribution is -0.132. The standard InChI is InChI=1S/C24H17Cl2F2NO5S/c1-10-6-7-35-23(10)18-16(19(30)12-9-13(25)22(34-3)17(26)21(12)33-2)20(31)24(32)29(18)11-4-5-14(27)15(28)8-11/h4-9,18,30H,1-3H3/b19-16+. The summed E-state index contributed by atoms with van der Waals surface area (Å²) in [6.07, 6.45) is 0. The van der Waals surface area contributed by atoms with Crippen molar-refractivity contribution >= 4 is 57.7 Å². The van der Waals surface area contributed by atoms with Crippen molar-refractivity contribution in [3.63, 3.8) is 0 Å². The molecule has 35 heavy (non-hydrogen) atoms. The summed E-state index contributed by atoms with van der Waals surface area (Å²) in [6.45, 7) is 1.76. The van der Waals surface area contributed by atoms with Crippen LogP contribution in [0, 0.1) is 18.6 Å². The molecule has 6 nitrogen and oxygen atoms in total. The first kappa shape index (κ1) is 25.0. The fraction of sp³-hybridized carbons (Fsp3) is 0.167. The zero-order chi connectivity index (χ0) is 25.6. The van der Waals surface area contributed by atoms with Crippen molar-refractivity contribution in [2.45, 2.75) is 13.0 Å². The van der Waals surface area contributed by atoms with Crippen LogP contribution in [0.1, 0.15) is 22.0 Å². The number of hydrogen-bond acceptors (Lipinski definition) is 6. The van der Waals surface area contributed by atoms with Gasteiger partial charge in [-0.3, -0.25) is 14.5 Å². The molecule has 3 aromatic rings. The number of halogens is 4. The first-order valence-corrected chi connectivity index (χ1v) is 11.7.